The maximum Gasteiger partial charge on any atom is 0.242 e. The molecular formula is C21H25BrN2O2. The number of hydrogen-bond acceptors (Lipinski definition) is 2. The number of hydrogen-bond donors (Lipinski definition) is 1. The fourth-order valence-electron chi connectivity index (χ4n) is 2.79. The summed E-state index contributed by atoms with van der Waals surface area (Å²) in [7, 11) is 0. The standard InChI is InChI=1S/C21H25BrN2O2/c1-4-23-21(26)16(3)24(14-17-8-10-19(22)11-9-17)20(25)13-18-7-5-6-15(2)12-18/h5-12,16H,4,13-14H2,1-3H3,(H,23,26)/t16-/m0/s1. The van der Waals surface area contributed by atoms with E-state index in [1.165, 1.54) is 0 Å². The van der Waals surface area contributed by atoms with E-state index in [2.05, 4.69) is 21.2 Å². The molecule has 2 rings (SSSR count). The molecule has 0 fully saturated rings. The summed E-state index contributed by atoms with van der Waals surface area (Å²) in [5, 5.41) is 2.81. The topological polar surface area (TPSA) is 49.4 Å². The van der Waals surface area contributed by atoms with Crippen LogP contribution in [0.5, 0.6) is 0 Å². The van der Waals surface area contributed by atoms with E-state index in [1.807, 2.05) is 62.4 Å². The van der Waals surface area contributed by atoms with Crippen molar-refractivity contribution in [3.8, 4) is 0 Å². The fraction of sp³-hybridized carbons (Fsp3) is 0.333. The molecule has 0 unspecified atom stereocenters. The van der Waals surface area contributed by atoms with E-state index >= 15 is 0 Å². The number of likely N-dealkylation sites (N-methyl/N-ethyl adjacent to an activating group) is 1. The number of nitrogens with zero attached hydrogens (tertiary/aromatic N) is 1. The van der Waals surface area contributed by atoms with Gasteiger partial charge in [0.25, 0.3) is 0 Å². The minimum atomic E-state index is -0.532. The first-order valence-corrected chi connectivity index (χ1v) is 9.57. The average Bonchev–Trinajstić information content (AvgIpc) is 2.60. The van der Waals surface area contributed by atoms with Crippen LogP contribution in [-0.4, -0.2) is 29.3 Å². The van der Waals surface area contributed by atoms with Crippen LogP contribution in [0.2, 0.25) is 0 Å². The van der Waals surface area contributed by atoms with Crippen LogP contribution in [0, 0.1) is 6.92 Å². The summed E-state index contributed by atoms with van der Waals surface area (Å²) in [5.41, 5.74) is 3.06. The van der Waals surface area contributed by atoms with Gasteiger partial charge in [-0.15, -0.1) is 0 Å². The Bertz CT molecular complexity index is 759. The molecule has 26 heavy (non-hydrogen) atoms. The van der Waals surface area contributed by atoms with Crippen LogP contribution in [-0.2, 0) is 22.6 Å². The number of benzene rings is 2. The molecule has 2 amide bonds. The van der Waals surface area contributed by atoms with Crippen LogP contribution in [0.3, 0.4) is 0 Å². The quantitative estimate of drug-likeness (QED) is 0.744. The lowest BCUT2D eigenvalue weighted by Gasteiger charge is -2.29. The van der Waals surface area contributed by atoms with Gasteiger partial charge >= 0.3 is 0 Å². The lowest BCUT2D eigenvalue weighted by atomic mass is 10.1. The highest BCUT2D eigenvalue weighted by molar-refractivity contribution is 9.10. The largest absolute Gasteiger partial charge is 0.355 e. The van der Waals surface area contributed by atoms with Crippen molar-refractivity contribution in [1.82, 2.24) is 10.2 Å². The third kappa shape index (κ3) is 5.70. The Labute approximate surface area is 163 Å². The first-order valence-electron chi connectivity index (χ1n) is 8.78. The van der Waals surface area contributed by atoms with Crippen molar-refractivity contribution < 1.29 is 9.59 Å². The second-order valence-corrected chi connectivity index (χ2v) is 7.30. The molecule has 0 spiro atoms. The maximum atomic E-state index is 13.0. The Hall–Kier alpha value is -2.14. The maximum absolute atomic E-state index is 13.0. The highest BCUT2D eigenvalue weighted by Crippen LogP contribution is 2.16. The molecule has 0 aliphatic rings. The van der Waals surface area contributed by atoms with Gasteiger partial charge < -0.3 is 10.2 Å². The van der Waals surface area contributed by atoms with Crippen LogP contribution in [0.1, 0.15) is 30.5 Å². The molecule has 0 bridgehead atoms. The summed E-state index contributed by atoms with van der Waals surface area (Å²) in [6, 6.07) is 15.2. The third-order valence-electron chi connectivity index (χ3n) is 4.22. The van der Waals surface area contributed by atoms with Gasteiger partial charge in [0.15, 0.2) is 0 Å². The molecule has 1 atom stereocenters. The molecule has 0 aliphatic carbocycles. The smallest absolute Gasteiger partial charge is 0.242 e. The second-order valence-electron chi connectivity index (χ2n) is 6.38. The van der Waals surface area contributed by atoms with Crippen LogP contribution < -0.4 is 5.32 Å². The Kier molecular flexibility index (Phi) is 7.39. The number of carbonyl (C=O) groups excluding carboxylic acids is 2. The van der Waals surface area contributed by atoms with Crippen LogP contribution in [0.15, 0.2) is 53.0 Å². The Morgan fingerprint density at radius 2 is 1.81 bits per heavy atom. The SMILES string of the molecule is CCNC(=O)[C@H](C)N(Cc1ccc(Br)cc1)C(=O)Cc1cccc(C)c1. The molecule has 0 heterocycles. The molecule has 138 valence electrons. The zero-order valence-electron chi connectivity index (χ0n) is 15.5. The van der Waals surface area contributed by atoms with Crippen molar-refractivity contribution in [2.45, 2.75) is 39.8 Å². The number of nitrogens with one attached hydrogen (secondary N) is 1. The minimum Gasteiger partial charge on any atom is -0.355 e. The van der Waals surface area contributed by atoms with E-state index < -0.39 is 6.04 Å². The van der Waals surface area contributed by atoms with Crippen molar-refractivity contribution >= 4 is 27.7 Å². The van der Waals surface area contributed by atoms with Gasteiger partial charge in [-0.2, -0.15) is 0 Å². The third-order valence-corrected chi connectivity index (χ3v) is 4.75. The highest BCUT2D eigenvalue weighted by Gasteiger charge is 2.25. The van der Waals surface area contributed by atoms with Gasteiger partial charge in [-0.1, -0.05) is 57.9 Å². The molecule has 0 saturated heterocycles. The molecule has 0 radical (unpaired) electrons. The number of rotatable bonds is 7. The van der Waals surface area contributed by atoms with Gasteiger partial charge in [-0.05, 0) is 44.0 Å². The van der Waals surface area contributed by atoms with E-state index in [0.717, 1.165) is 21.2 Å². The Morgan fingerprint density at radius 1 is 1.12 bits per heavy atom. The van der Waals surface area contributed by atoms with Crippen molar-refractivity contribution in [3.05, 3.63) is 69.7 Å². The molecule has 2 aromatic carbocycles. The van der Waals surface area contributed by atoms with E-state index in [0.29, 0.717) is 13.1 Å². The fourth-order valence-corrected chi connectivity index (χ4v) is 3.05. The first kappa shape index (κ1) is 20.2. The van der Waals surface area contributed by atoms with Crippen molar-refractivity contribution in [3.63, 3.8) is 0 Å². The predicted molar refractivity (Wildman–Crippen MR) is 108 cm³/mol. The summed E-state index contributed by atoms with van der Waals surface area (Å²) in [6.45, 7) is 6.60. The summed E-state index contributed by atoms with van der Waals surface area (Å²) >= 11 is 3.42. The van der Waals surface area contributed by atoms with Gasteiger partial charge in [-0.25, -0.2) is 0 Å². The number of amides is 2. The molecule has 2 aromatic rings. The minimum absolute atomic E-state index is 0.0581. The van der Waals surface area contributed by atoms with Gasteiger partial charge in [-0.3, -0.25) is 9.59 Å². The molecule has 1 N–H and O–H groups in total. The van der Waals surface area contributed by atoms with E-state index in [4.69, 9.17) is 0 Å². The Morgan fingerprint density at radius 3 is 2.42 bits per heavy atom. The number of halogens is 1. The van der Waals surface area contributed by atoms with E-state index in [9.17, 15) is 9.59 Å². The van der Waals surface area contributed by atoms with Crippen LogP contribution in [0.25, 0.3) is 0 Å². The van der Waals surface area contributed by atoms with Gasteiger partial charge in [0.2, 0.25) is 11.8 Å². The molecule has 0 aliphatic heterocycles. The van der Waals surface area contributed by atoms with Gasteiger partial charge in [0.1, 0.15) is 6.04 Å². The monoisotopic (exact) mass is 416 g/mol. The van der Waals surface area contributed by atoms with Crippen molar-refractivity contribution in [2.24, 2.45) is 0 Å². The van der Waals surface area contributed by atoms with Crippen LogP contribution in [0.4, 0.5) is 0 Å². The van der Waals surface area contributed by atoms with Gasteiger partial charge in [0, 0.05) is 17.6 Å². The lowest BCUT2D eigenvalue weighted by molar-refractivity contribution is -0.140. The molecular weight excluding hydrogens is 392 g/mol. The van der Waals surface area contributed by atoms with Gasteiger partial charge in [0.05, 0.1) is 6.42 Å². The average molecular weight is 417 g/mol. The van der Waals surface area contributed by atoms with Crippen molar-refractivity contribution in [1.29, 1.82) is 0 Å². The zero-order chi connectivity index (χ0) is 19.1. The molecule has 5 heteroatoms. The Balaban J connectivity index is 2.21. The molecule has 0 aromatic heterocycles. The van der Waals surface area contributed by atoms with E-state index in [-0.39, 0.29) is 18.2 Å². The summed E-state index contributed by atoms with van der Waals surface area (Å²) in [4.78, 5) is 27.0. The normalized spacial score (nSPS) is 11.7. The van der Waals surface area contributed by atoms with Crippen LogP contribution >= 0.6 is 15.9 Å². The summed E-state index contributed by atoms with van der Waals surface area (Å²) in [6.07, 6.45) is 0.280. The highest BCUT2D eigenvalue weighted by atomic mass is 79.9. The van der Waals surface area contributed by atoms with Crippen molar-refractivity contribution in [2.75, 3.05) is 6.54 Å². The predicted octanol–water partition coefficient (Wildman–Crippen LogP) is 3.85. The number of carbonyl (C=O) groups is 2. The molecule has 0 saturated carbocycles. The first-order chi connectivity index (χ1) is 12.4. The summed E-state index contributed by atoms with van der Waals surface area (Å²) < 4.78 is 0.982. The summed E-state index contributed by atoms with van der Waals surface area (Å²) in [5.74, 6) is -0.195. The van der Waals surface area contributed by atoms with E-state index in [1.54, 1.807) is 11.8 Å². The lowest BCUT2D eigenvalue weighted by Crippen LogP contribution is -2.48. The second kappa shape index (κ2) is 9.53. The number of aryl methyl sites for hydroxylation is 1. The zero-order valence-corrected chi connectivity index (χ0v) is 17.0. The molecule has 4 nitrogen and oxygen atoms in total.